The molecule has 15 heavy (non-hydrogen) atoms. The summed E-state index contributed by atoms with van der Waals surface area (Å²) in [5.74, 6) is 0.933. The molecule has 90 valence electrons. The van der Waals surface area contributed by atoms with Crippen LogP contribution in [0.25, 0.3) is 0 Å². The minimum atomic E-state index is 0.561. The van der Waals surface area contributed by atoms with Crippen LogP contribution >= 0.6 is 0 Å². The molecule has 0 saturated heterocycles. The lowest BCUT2D eigenvalue weighted by molar-refractivity contribution is 0.180. The number of hydrogen-bond acceptors (Lipinski definition) is 3. The van der Waals surface area contributed by atoms with Crippen LogP contribution in [0.1, 0.15) is 26.2 Å². The van der Waals surface area contributed by atoms with Crippen molar-refractivity contribution in [2.45, 2.75) is 38.3 Å². The largest absolute Gasteiger partial charge is 0.385 e. The van der Waals surface area contributed by atoms with Crippen molar-refractivity contribution in [2.75, 3.05) is 34.4 Å². The van der Waals surface area contributed by atoms with E-state index in [0.717, 1.165) is 31.5 Å². The summed E-state index contributed by atoms with van der Waals surface area (Å²) in [7, 11) is 6.13. The Bertz CT molecular complexity index is 167. The molecule has 1 saturated carbocycles. The van der Waals surface area contributed by atoms with E-state index >= 15 is 0 Å². The third-order valence-electron chi connectivity index (χ3n) is 3.26. The molecule has 3 heteroatoms. The predicted molar refractivity (Wildman–Crippen MR) is 64.2 cm³/mol. The molecule has 0 bridgehead atoms. The van der Waals surface area contributed by atoms with Crippen molar-refractivity contribution in [1.82, 2.24) is 10.2 Å². The van der Waals surface area contributed by atoms with E-state index in [0.29, 0.717) is 6.04 Å². The van der Waals surface area contributed by atoms with E-state index in [1.54, 1.807) is 7.11 Å². The van der Waals surface area contributed by atoms with Crippen LogP contribution in [0, 0.1) is 5.92 Å². The molecule has 1 N–H and O–H groups in total. The molecular weight excluding hydrogens is 188 g/mol. The quantitative estimate of drug-likeness (QED) is 0.660. The Labute approximate surface area is 94.2 Å². The van der Waals surface area contributed by atoms with Crippen LogP contribution in [0.5, 0.6) is 0 Å². The molecule has 0 spiro atoms. The van der Waals surface area contributed by atoms with E-state index < -0.39 is 0 Å². The summed E-state index contributed by atoms with van der Waals surface area (Å²) < 4.78 is 5.08. The molecule has 2 atom stereocenters. The molecule has 1 aliphatic carbocycles. The highest BCUT2D eigenvalue weighted by molar-refractivity contribution is 4.88. The molecule has 0 aliphatic heterocycles. The van der Waals surface area contributed by atoms with Crippen molar-refractivity contribution in [3.05, 3.63) is 0 Å². The lowest BCUT2D eigenvalue weighted by atomic mass is 10.1. The van der Waals surface area contributed by atoms with Crippen LogP contribution in [0.15, 0.2) is 0 Å². The third kappa shape index (κ3) is 4.96. The van der Waals surface area contributed by atoms with Gasteiger partial charge in [0, 0.05) is 32.3 Å². The van der Waals surface area contributed by atoms with E-state index in [1.165, 1.54) is 12.8 Å². The summed E-state index contributed by atoms with van der Waals surface area (Å²) in [5, 5.41) is 3.60. The van der Waals surface area contributed by atoms with Crippen molar-refractivity contribution in [3.8, 4) is 0 Å². The fraction of sp³-hybridized carbons (Fsp3) is 1.00. The summed E-state index contributed by atoms with van der Waals surface area (Å²) in [6.45, 7) is 4.20. The summed E-state index contributed by atoms with van der Waals surface area (Å²) in [6, 6.07) is 1.28. The molecule has 1 fully saturated rings. The second-order valence-electron chi connectivity index (χ2n) is 4.96. The SMILES string of the molecule is COCCC(C)NCC(C1CC1)N(C)C. The van der Waals surface area contributed by atoms with Gasteiger partial charge in [-0.3, -0.25) is 0 Å². The molecule has 2 unspecified atom stereocenters. The van der Waals surface area contributed by atoms with E-state index in [4.69, 9.17) is 4.74 Å². The fourth-order valence-electron chi connectivity index (χ4n) is 1.97. The predicted octanol–water partition coefficient (Wildman–Crippen LogP) is 1.34. The van der Waals surface area contributed by atoms with Gasteiger partial charge >= 0.3 is 0 Å². The summed E-state index contributed by atoms with van der Waals surface area (Å²) in [6.07, 6.45) is 3.93. The van der Waals surface area contributed by atoms with E-state index in [1.807, 2.05) is 0 Å². The van der Waals surface area contributed by atoms with E-state index in [2.05, 4.69) is 31.2 Å². The maximum Gasteiger partial charge on any atom is 0.0476 e. The van der Waals surface area contributed by atoms with Gasteiger partial charge in [0.15, 0.2) is 0 Å². The maximum absolute atomic E-state index is 5.08. The van der Waals surface area contributed by atoms with Crippen LogP contribution < -0.4 is 5.32 Å². The average molecular weight is 214 g/mol. The molecule has 0 aromatic heterocycles. The van der Waals surface area contributed by atoms with Crippen LogP contribution in [-0.2, 0) is 4.74 Å². The highest BCUT2D eigenvalue weighted by atomic mass is 16.5. The fourth-order valence-corrected chi connectivity index (χ4v) is 1.97. The first kappa shape index (κ1) is 12.9. The minimum Gasteiger partial charge on any atom is -0.385 e. The Balaban J connectivity index is 2.15. The number of nitrogens with zero attached hydrogens (tertiary/aromatic N) is 1. The van der Waals surface area contributed by atoms with Gasteiger partial charge in [-0.2, -0.15) is 0 Å². The number of hydrogen-bond donors (Lipinski definition) is 1. The van der Waals surface area contributed by atoms with Crippen molar-refractivity contribution in [1.29, 1.82) is 0 Å². The number of rotatable bonds is 8. The molecule has 3 nitrogen and oxygen atoms in total. The van der Waals surface area contributed by atoms with Gasteiger partial charge in [0.05, 0.1) is 0 Å². The van der Waals surface area contributed by atoms with Gasteiger partial charge in [-0.15, -0.1) is 0 Å². The van der Waals surface area contributed by atoms with Crippen LogP contribution in [0.4, 0.5) is 0 Å². The zero-order chi connectivity index (χ0) is 11.3. The smallest absolute Gasteiger partial charge is 0.0476 e. The lowest BCUT2D eigenvalue weighted by Crippen LogP contribution is -2.42. The second kappa shape index (κ2) is 6.46. The minimum absolute atomic E-state index is 0.561. The van der Waals surface area contributed by atoms with Crippen molar-refractivity contribution in [3.63, 3.8) is 0 Å². The standard InChI is InChI=1S/C12H26N2O/c1-10(7-8-15-4)13-9-12(14(2)3)11-5-6-11/h10-13H,5-9H2,1-4H3. The second-order valence-corrected chi connectivity index (χ2v) is 4.96. The maximum atomic E-state index is 5.08. The zero-order valence-corrected chi connectivity index (χ0v) is 10.6. The van der Waals surface area contributed by atoms with Gasteiger partial charge in [-0.05, 0) is 46.2 Å². The molecule has 0 radical (unpaired) electrons. The van der Waals surface area contributed by atoms with Crippen molar-refractivity contribution in [2.24, 2.45) is 5.92 Å². The molecular formula is C12H26N2O. The number of methoxy groups -OCH3 is 1. The monoisotopic (exact) mass is 214 g/mol. The van der Waals surface area contributed by atoms with Crippen molar-refractivity contribution < 1.29 is 4.74 Å². The Morgan fingerprint density at radius 3 is 2.53 bits per heavy atom. The summed E-state index contributed by atoms with van der Waals surface area (Å²) in [5.41, 5.74) is 0. The van der Waals surface area contributed by atoms with Gasteiger partial charge in [0.1, 0.15) is 0 Å². The summed E-state index contributed by atoms with van der Waals surface area (Å²) >= 11 is 0. The van der Waals surface area contributed by atoms with Gasteiger partial charge in [0.25, 0.3) is 0 Å². The van der Waals surface area contributed by atoms with Crippen molar-refractivity contribution >= 4 is 0 Å². The normalized spacial score (nSPS) is 20.6. The Morgan fingerprint density at radius 1 is 1.40 bits per heavy atom. The summed E-state index contributed by atoms with van der Waals surface area (Å²) in [4.78, 5) is 2.35. The van der Waals surface area contributed by atoms with E-state index in [9.17, 15) is 0 Å². The first-order valence-corrected chi connectivity index (χ1v) is 6.04. The van der Waals surface area contributed by atoms with Crippen LogP contribution in [0.3, 0.4) is 0 Å². The highest BCUT2D eigenvalue weighted by Gasteiger charge is 2.32. The lowest BCUT2D eigenvalue weighted by Gasteiger charge is -2.26. The Hall–Kier alpha value is -0.120. The number of nitrogens with one attached hydrogen (secondary N) is 1. The Morgan fingerprint density at radius 2 is 2.07 bits per heavy atom. The van der Waals surface area contributed by atoms with E-state index in [-0.39, 0.29) is 0 Å². The topological polar surface area (TPSA) is 24.5 Å². The third-order valence-corrected chi connectivity index (χ3v) is 3.26. The molecule has 0 amide bonds. The molecule has 1 rings (SSSR count). The van der Waals surface area contributed by atoms with Crippen LogP contribution in [-0.4, -0.2) is 51.3 Å². The number of ether oxygens (including phenoxy) is 1. The van der Waals surface area contributed by atoms with Gasteiger partial charge in [-0.1, -0.05) is 0 Å². The molecule has 0 heterocycles. The first-order chi connectivity index (χ1) is 7.15. The average Bonchev–Trinajstić information content (AvgIpc) is 2.98. The molecule has 0 aromatic carbocycles. The zero-order valence-electron chi connectivity index (χ0n) is 10.6. The molecule has 0 aromatic rings. The Kier molecular flexibility index (Phi) is 5.58. The van der Waals surface area contributed by atoms with Gasteiger partial charge in [-0.25, -0.2) is 0 Å². The highest BCUT2D eigenvalue weighted by Crippen LogP contribution is 2.34. The van der Waals surface area contributed by atoms with Crippen LogP contribution in [0.2, 0.25) is 0 Å². The number of likely N-dealkylation sites (N-methyl/N-ethyl adjacent to an activating group) is 1. The van der Waals surface area contributed by atoms with Gasteiger partial charge < -0.3 is 15.0 Å². The van der Waals surface area contributed by atoms with Gasteiger partial charge in [0.2, 0.25) is 0 Å². The molecule has 1 aliphatic rings. The first-order valence-electron chi connectivity index (χ1n) is 6.04.